The van der Waals surface area contributed by atoms with Crippen LogP contribution in [0, 0.1) is 11.9 Å². The van der Waals surface area contributed by atoms with E-state index in [9.17, 15) is 4.39 Å². The summed E-state index contributed by atoms with van der Waals surface area (Å²) in [7, 11) is 1.69. The Kier molecular flexibility index (Phi) is 4.23. The van der Waals surface area contributed by atoms with Crippen LogP contribution in [-0.4, -0.2) is 25.2 Å². The first-order chi connectivity index (χ1) is 12.7. The van der Waals surface area contributed by atoms with Crippen LogP contribution in [0.1, 0.15) is 11.1 Å². The van der Waals surface area contributed by atoms with Gasteiger partial charge < -0.3 is 0 Å². The van der Waals surface area contributed by atoms with Crippen LogP contribution >= 0.6 is 0 Å². The quantitative estimate of drug-likeness (QED) is 0.569. The molecule has 4 aromatic rings. The Labute approximate surface area is 150 Å². The van der Waals surface area contributed by atoms with E-state index in [0.29, 0.717) is 34.6 Å². The van der Waals surface area contributed by atoms with Gasteiger partial charge in [0.2, 0.25) is 5.82 Å². The fourth-order valence-corrected chi connectivity index (χ4v) is 2.75. The van der Waals surface area contributed by atoms with Gasteiger partial charge in [0.1, 0.15) is 11.5 Å². The smallest absolute Gasteiger partial charge is 0.223 e. The number of aromatic nitrogens is 5. The van der Waals surface area contributed by atoms with Crippen LogP contribution < -0.4 is 0 Å². The van der Waals surface area contributed by atoms with E-state index in [0.717, 1.165) is 5.56 Å². The van der Waals surface area contributed by atoms with Crippen molar-refractivity contribution in [3.63, 3.8) is 0 Å². The second-order valence-electron chi connectivity index (χ2n) is 5.88. The lowest BCUT2D eigenvalue weighted by Crippen LogP contribution is -1.96. The molecule has 0 fully saturated rings. The van der Waals surface area contributed by atoms with Gasteiger partial charge in [-0.25, -0.2) is 4.39 Å². The Morgan fingerprint density at radius 1 is 1.08 bits per heavy atom. The minimum atomic E-state index is -0.275. The molecule has 5 nitrogen and oxygen atoms in total. The Morgan fingerprint density at radius 3 is 2.62 bits per heavy atom. The van der Waals surface area contributed by atoms with Gasteiger partial charge >= 0.3 is 0 Å². The monoisotopic (exact) mass is 344 g/mol. The van der Waals surface area contributed by atoms with Crippen molar-refractivity contribution in [1.29, 1.82) is 0 Å². The number of nitrogens with zero attached hydrogens (tertiary/aromatic N) is 5. The van der Waals surface area contributed by atoms with Crippen LogP contribution in [0.2, 0.25) is 0 Å². The Balaban J connectivity index is 1.64. The maximum Gasteiger partial charge on any atom is 0.223 e. The first kappa shape index (κ1) is 16.1. The molecule has 1 radical (unpaired) electrons. The number of hydrogen-bond acceptors (Lipinski definition) is 4. The molecular formula is C20H15FN5. The maximum absolute atomic E-state index is 15.0. The molecule has 2 heterocycles. The number of benzene rings is 2. The van der Waals surface area contributed by atoms with Gasteiger partial charge in [-0.3, -0.25) is 4.98 Å². The summed E-state index contributed by atoms with van der Waals surface area (Å²) in [5.41, 5.74) is 3.36. The van der Waals surface area contributed by atoms with Crippen LogP contribution in [0.15, 0.2) is 60.8 Å². The van der Waals surface area contributed by atoms with Crippen molar-refractivity contribution in [3.05, 3.63) is 83.8 Å². The van der Waals surface area contributed by atoms with Gasteiger partial charge in [0, 0.05) is 29.3 Å². The van der Waals surface area contributed by atoms with E-state index >= 15 is 0 Å². The molecule has 26 heavy (non-hydrogen) atoms. The summed E-state index contributed by atoms with van der Waals surface area (Å²) in [6, 6.07) is 19.8. The summed E-state index contributed by atoms with van der Waals surface area (Å²) >= 11 is 0. The maximum atomic E-state index is 15.0. The van der Waals surface area contributed by atoms with E-state index in [4.69, 9.17) is 0 Å². The highest BCUT2D eigenvalue weighted by molar-refractivity contribution is 5.66. The third-order valence-electron chi connectivity index (χ3n) is 4.04. The van der Waals surface area contributed by atoms with E-state index in [1.165, 1.54) is 4.80 Å². The molecule has 0 saturated carbocycles. The first-order valence-electron chi connectivity index (χ1n) is 8.14. The Hall–Kier alpha value is -3.41. The van der Waals surface area contributed by atoms with Crippen LogP contribution in [0.3, 0.4) is 0 Å². The predicted molar refractivity (Wildman–Crippen MR) is 95.5 cm³/mol. The predicted octanol–water partition coefficient (Wildman–Crippen LogP) is 3.47. The Bertz CT molecular complexity index is 1030. The highest BCUT2D eigenvalue weighted by atomic mass is 19.1. The summed E-state index contributed by atoms with van der Waals surface area (Å²) in [6.45, 7) is 0. The van der Waals surface area contributed by atoms with Gasteiger partial charge in [0.05, 0.1) is 7.05 Å². The van der Waals surface area contributed by atoms with E-state index < -0.39 is 0 Å². The van der Waals surface area contributed by atoms with Crippen molar-refractivity contribution in [3.8, 4) is 22.6 Å². The lowest BCUT2D eigenvalue weighted by molar-refractivity contribution is 0.617. The number of rotatable bonds is 4. The normalized spacial score (nSPS) is 10.8. The molecule has 0 saturated heterocycles. The standard InChI is InChI=1S/C20H15FN5/c1-26-24-20(23-25-26)18-11-10-16(13-22-18)17-9-5-8-15(19(17)21)12-14-6-3-2-4-7-14/h2-7,9-11,13H,12H2,1H3. The average molecular weight is 344 g/mol. The zero-order valence-electron chi connectivity index (χ0n) is 14.1. The van der Waals surface area contributed by atoms with Crippen molar-refractivity contribution < 1.29 is 4.39 Å². The van der Waals surface area contributed by atoms with Crippen LogP contribution in [0.4, 0.5) is 4.39 Å². The molecule has 0 bridgehead atoms. The summed E-state index contributed by atoms with van der Waals surface area (Å²) in [4.78, 5) is 5.71. The van der Waals surface area contributed by atoms with Gasteiger partial charge in [-0.15, -0.1) is 10.2 Å². The number of hydrogen-bond donors (Lipinski definition) is 0. The Morgan fingerprint density at radius 2 is 1.92 bits per heavy atom. The van der Waals surface area contributed by atoms with Crippen molar-refractivity contribution in [2.45, 2.75) is 6.42 Å². The minimum Gasteiger partial charge on any atom is -0.252 e. The molecule has 2 aromatic heterocycles. The average Bonchev–Trinajstić information content (AvgIpc) is 3.11. The molecule has 2 aromatic carbocycles. The minimum absolute atomic E-state index is 0.275. The second-order valence-corrected chi connectivity index (χ2v) is 5.88. The fraction of sp³-hybridized carbons (Fsp3) is 0.100. The molecule has 0 aliphatic rings. The van der Waals surface area contributed by atoms with Crippen molar-refractivity contribution in [1.82, 2.24) is 25.2 Å². The molecule has 0 aliphatic heterocycles. The molecule has 0 unspecified atom stereocenters. The van der Waals surface area contributed by atoms with Gasteiger partial charge in [-0.2, -0.15) is 4.80 Å². The highest BCUT2D eigenvalue weighted by Gasteiger charge is 2.12. The number of tetrazole rings is 1. The molecule has 127 valence electrons. The molecule has 0 spiro atoms. The van der Waals surface area contributed by atoms with Crippen molar-refractivity contribution >= 4 is 0 Å². The van der Waals surface area contributed by atoms with E-state index in [1.807, 2.05) is 36.4 Å². The molecule has 0 atom stereocenters. The van der Waals surface area contributed by atoms with Gasteiger partial charge in [0.15, 0.2) is 0 Å². The molecule has 6 heteroatoms. The first-order valence-corrected chi connectivity index (χ1v) is 8.14. The second kappa shape index (κ2) is 6.84. The summed E-state index contributed by atoms with van der Waals surface area (Å²) < 4.78 is 15.0. The molecular weight excluding hydrogens is 329 g/mol. The zero-order valence-corrected chi connectivity index (χ0v) is 14.1. The molecule has 4 rings (SSSR count). The largest absolute Gasteiger partial charge is 0.252 e. The molecule has 0 N–H and O–H groups in total. The van der Waals surface area contributed by atoms with E-state index in [-0.39, 0.29) is 5.82 Å². The van der Waals surface area contributed by atoms with Gasteiger partial charge in [0.25, 0.3) is 0 Å². The van der Waals surface area contributed by atoms with Crippen molar-refractivity contribution in [2.75, 3.05) is 0 Å². The highest BCUT2D eigenvalue weighted by Crippen LogP contribution is 2.26. The number of aryl methyl sites for hydroxylation is 1. The van der Waals surface area contributed by atoms with E-state index in [1.54, 1.807) is 31.4 Å². The van der Waals surface area contributed by atoms with Gasteiger partial charge in [-0.05, 0) is 22.9 Å². The lowest BCUT2D eigenvalue weighted by atomic mass is 9.99. The van der Waals surface area contributed by atoms with Gasteiger partial charge in [-0.1, -0.05) is 48.5 Å². The fourth-order valence-electron chi connectivity index (χ4n) is 2.75. The zero-order chi connectivity index (χ0) is 17.9. The third-order valence-corrected chi connectivity index (χ3v) is 4.04. The van der Waals surface area contributed by atoms with Crippen molar-refractivity contribution in [2.24, 2.45) is 7.05 Å². The van der Waals surface area contributed by atoms with E-state index in [2.05, 4.69) is 26.5 Å². The number of halogens is 1. The van der Waals surface area contributed by atoms with Crippen LogP contribution in [0.25, 0.3) is 22.6 Å². The summed E-state index contributed by atoms with van der Waals surface area (Å²) in [6.07, 6.45) is 2.12. The number of pyridine rings is 1. The van der Waals surface area contributed by atoms with Crippen LogP contribution in [0.5, 0.6) is 0 Å². The van der Waals surface area contributed by atoms with Crippen LogP contribution in [-0.2, 0) is 13.5 Å². The molecule has 0 amide bonds. The summed E-state index contributed by atoms with van der Waals surface area (Å²) in [5, 5.41) is 11.8. The summed E-state index contributed by atoms with van der Waals surface area (Å²) in [5.74, 6) is 0.161. The topological polar surface area (TPSA) is 56.5 Å². The SMILES string of the molecule is Cn1nnc(-c2ccc(-c3cc[c]c(Cc4ccccc4)c3F)cn2)n1. The third kappa shape index (κ3) is 3.21. The lowest BCUT2D eigenvalue weighted by Gasteiger charge is -2.08. The molecule has 0 aliphatic carbocycles.